The van der Waals surface area contributed by atoms with Crippen molar-refractivity contribution >= 4 is 11.5 Å². The fraction of sp³-hybridized carbons (Fsp3) is 0.529. The molecule has 1 N–H and O–H groups in total. The normalized spacial score (nSPS) is 18.8. The van der Waals surface area contributed by atoms with Crippen molar-refractivity contribution < 1.29 is 4.74 Å². The molecule has 8 heteroatoms. The van der Waals surface area contributed by atoms with Gasteiger partial charge in [-0.05, 0) is 56.6 Å². The minimum absolute atomic E-state index is 0.614. The lowest BCUT2D eigenvalue weighted by Gasteiger charge is -2.38. The van der Waals surface area contributed by atoms with Crippen LogP contribution in [0.2, 0.25) is 0 Å². The van der Waals surface area contributed by atoms with Crippen molar-refractivity contribution in [1.82, 2.24) is 24.7 Å². The molecule has 0 saturated carbocycles. The second kappa shape index (κ2) is 14.0. The topological polar surface area (TPSA) is 60.0 Å². The summed E-state index contributed by atoms with van der Waals surface area (Å²) in [5, 5.41) is 3.73. The van der Waals surface area contributed by atoms with E-state index in [0.717, 1.165) is 115 Å². The number of morpholine rings is 1. The smallest absolute Gasteiger partial charge is 0.161 e. The van der Waals surface area contributed by atoms with E-state index in [0.29, 0.717) is 6.04 Å². The Kier molecular flexibility index (Phi) is 9.65. The Morgan fingerprint density at radius 2 is 1.60 bits per heavy atom. The minimum atomic E-state index is 0.614. The molecule has 6 rings (SSSR count). The average molecular weight is 570 g/mol. The van der Waals surface area contributed by atoms with Crippen LogP contribution in [0.15, 0.2) is 54.6 Å². The molecule has 2 saturated heterocycles. The SMILES string of the molecule is CC(C)N1CCN(c2ccc(-c3nc4c(c(NCCCN5CCOCC5)n3)CN(Cc3ccccc3)CC4)cc2)CC1. The molecular weight excluding hydrogens is 522 g/mol. The van der Waals surface area contributed by atoms with E-state index >= 15 is 0 Å². The van der Waals surface area contributed by atoms with Gasteiger partial charge in [-0.2, -0.15) is 0 Å². The summed E-state index contributed by atoms with van der Waals surface area (Å²) in [6.45, 7) is 17.5. The van der Waals surface area contributed by atoms with Crippen molar-refractivity contribution in [2.45, 2.75) is 45.8 Å². The zero-order chi connectivity index (χ0) is 28.7. The van der Waals surface area contributed by atoms with Crippen LogP contribution in [0.3, 0.4) is 0 Å². The molecule has 0 spiro atoms. The standard InChI is InChI=1S/C34H47N7O/c1-27(2)40-17-19-41(20-18-40)30-11-9-29(10-12-30)33-36-32-13-16-39(25-28-7-4-3-5-8-28)26-31(32)34(37-33)35-14-6-15-38-21-23-42-24-22-38/h3-5,7-12,27H,6,13-26H2,1-2H3,(H,35,36,37). The van der Waals surface area contributed by atoms with Gasteiger partial charge in [0.1, 0.15) is 5.82 Å². The Labute approximate surface area is 251 Å². The maximum Gasteiger partial charge on any atom is 0.161 e. The maximum absolute atomic E-state index is 5.52. The molecule has 0 aliphatic carbocycles. The van der Waals surface area contributed by atoms with E-state index in [2.05, 4.69) is 93.4 Å². The van der Waals surface area contributed by atoms with E-state index in [1.165, 1.54) is 22.5 Å². The van der Waals surface area contributed by atoms with Crippen LogP contribution in [0.25, 0.3) is 11.4 Å². The number of ether oxygens (including phenoxy) is 1. The van der Waals surface area contributed by atoms with E-state index in [9.17, 15) is 0 Å². The van der Waals surface area contributed by atoms with Gasteiger partial charge in [0.2, 0.25) is 0 Å². The quantitative estimate of drug-likeness (QED) is 0.362. The molecule has 4 heterocycles. The number of hydrogen-bond acceptors (Lipinski definition) is 8. The molecule has 1 aromatic heterocycles. The number of anilines is 2. The van der Waals surface area contributed by atoms with Crippen molar-refractivity contribution in [3.63, 3.8) is 0 Å². The van der Waals surface area contributed by atoms with E-state index in [1.54, 1.807) is 0 Å². The highest BCUT2D eigenvalue weighted by atomic mass is 16.5. The third-order valence-electron chi connectivity index (χ3n) is 8.97. The Morgan fingerprint density at radius 1 is 0.833 bits per heavy atom. The molecule has 3 aromatic rings. The molecule has 0 amide bonds. The molecule has 0 atom stereocenters. The summed E-state index contributed by atoms with van der Waals surface area (Å²) < 4.78 is 5.52. The van der Waals surface area contributed by atoms with E-state index in [-0.39, 0.29) is 0 Å². The van der Waals surface area contributed by atoms with Crippen LogP contribution in [0.1, 0.15) is 37.1 Å². The summed E-state index contributed by atoms with van der Waals surface area (Å²) in [5.74, 6) is 1.83. The molecule has 8 nitrogen and oxygen atoms in total. The number of fused-ring (bicyclic) bond motifs is 1. The summed E-state index contributed by atoms with van der Waals surface area (Å²) in [4.78, 5) is 20.4. The van der Waals surface area contributed by atoms with Crippen LogP contribution in [-0.4, -0.2) is 103 Å². The van der Waals surface area contributed by atoms with Crippen LogP contribution < -0.4 is 10.2 Å². The predicted molar refractivity (Wildman–Crippen MR) is 171 cm³/mol. The molecule has 2 fully saturated rings. The third-order valence-corrected chi connectivity index (χ3v) is 8.97. The highest BCUT2D eigenvalue weighted by Crippen LogP contribution is 2.29. The maximum atomic E-state index is 5.52. The number of hydrogen-bond donors (Lipinski definition) is 1. The number of aromatic nitrogens is 2. The first-order valence-electron chi connectivity index (χ1n) is 15.9. The van der Waals surface area contributed by atoms with Gasteiger partial charge in [-0.25, -0.2) is 9.97 Å². The fourth-order valence-electron chi connectivity index (χ4n) is 6.37. The minimum Gasteiger partial charge on any atom is -0.379 e. The molecule has 0 unspecified atom stereocenters. The van der Waals surface area contributed by atoms with Gasteiger partial charge < -0.3 is 15.0 Å². The van der Waals surface area contributed by atoms with Gasteiger partial charge in [0.15, 0.2) is 5.82 Å². The first-order chi connectivity index (χ1) is 20.6. The largest absolute Gasteiger partial charge is 0.379 e. The molecular formula is C34H47N7O. The zero-order valence-electron chi connectivity index (χ0n) is 25.5. The summed E-state index contributed by atoms with van der Waals surface area (Å²) >= 11 is 0. The molecule has 0 bridgehead atoms. The summed E-state index contributed by atoms with van der Waals surface area (Å²) in [6.07, 6.45) is 2.03. The number of nitrogens with one attached hydrogen (secondary N) is 1. The molecule has 3 aliphatic heterocycles. The number of nitrogens with zero attached hydrogens (tertiary/aromatic N) is 6. The first-order valence-corrected chi connectivity index (χ1v) is 15.9. The van der Waals surface area contributed by atoms with Crippen LogP contribution >= 0.6 is 0 Å². The molecule has 3 aliphatic rings. The van der Waals surface area contributed by atoms with Gasteiger partial charge in [-0.15, -0.1) is 0 Å². The second-order valence-corrected chi connectivity index (χ2v) is 12.2. The van der Waals surface area contributed by atoms with Crippen LogP contribution in [-0.2, 0) is 24.2 Å². The lowest BCUT2D eigenvalue weighted by Crippen LogP contribution is -2.48. The van der Waals surface area contributed by atoms with Gasteiger partial charge >= 0.3 is 0 Å². The van der Waals surface area contributed by atoms with Crippen molar-refractivity contribution in [1.29, 1.82) is 0 Å². The van der Waals surface area contributed by atoms with Gasteiger partial charge in [0, 0.05) is 94.7 Å². The zero-order valence-corrected chi connectivity index (χ0v) is 25.5. The Morgan fingerprint density at radius 3 is 2.33 bits per heavy atom. The van der Waals surface area contributed by atoms with Crippen molar-refractivity contribution in [3.05, 3.63) is 71.4 Å². The Balaban J connectivity index is 1.17. The third kappa shape index (κ3) is 7.29. The van der Waals surface area contributed by atoms with Gasteiger partial charge in [0.25, 0.3) is 0 Å². The average Bonchev–Trinajstić information content (AvgIpc) is 3.04. The second-order valence-electron chi connectivity index (χ2n) is 12.2. The fourth-order valence-corrected chi connectivity index (χ4v) is 6.37. The highest BCUT2D eigenvalue weighted by molar-refractivity contribution is 5.63. The molecule has 42 heavy (non-hydrogen) atoms. The van der Waals surface area contributed by atoms with Crippen molar-refractivity contribution in [2.24, 2.45) is 0 Å². The van der Waals surface area contributed by atoms with Gasteiger partial charge in [-0.3, -0.25) is 14.7 Å². The molecule has 0 radical (unpaired) electrons. The Hall–Kier alpha value is -3.04. The van der Waals surface area contributed by atoms with E-state index in [1.807, 2.05) is 0 Å². The summed E-state index contributed by atoms with van der Waals surface area (Å²) in [7, 11) is 0. The van der Waals surface area contributed by atoms with Crippen LogP contribution in [0.5, 0.6) is 0 Å². The van der Waals surface area contributed by atoms with E-state index < -0.39 is 0 Å². The lowest BCUT2D eigenvalue weighted by molar-refractivity contribution is 0.0378. The lowest BCUT2D eigenvalue weighted by atomic mass is 10.0. The van der Waals surface area contributed by atoms with Crippen LogP contribution in [0, 0.1) is 0 Å². The summed E-state index contributed by atoms with van der Waals surface area (Å²) in [6, 6.07) is 20.3. The first kappa shape index (κ1) is 29.1. The summed E-state index contributed by atoms with van der Waals surface area (Å²) in [5.41, 5.74) is 6.17. The van der Waals surface area contributed by atoms with Crippen LogP contribution in [0.4, 0.5) is 11.5 Å². The van der Waals surface area contributed by atoms with Crippen molar-refractivity contribution in [3.8, 4) is 11.4 Å². The number of benzene rings is 2. The Bertz CT molecular complexity index is 1270. The van der Waals surface area contributed by atoms with Crippen molar-refractivity contribution in [2.75, 3.05) is 82.3 Å². The van der Waals surface area contributed by atoms with Gasteiger partial charge in [0.05, 0.1) is 18.9 Å². The highest BCUT2D eigenvalue weighted by Gasteiger charge is 2.24. The predicted octanol–water partition coefficient (Wildman–Crippen LogP) is 4.37. The number of rotatable bonds is 10. The number of piperazine rings is 1. The molecule has 2 aromatic carbocycles. The molecule has 224 valence electrons. The monoisotopic (exact) mass is 569 g/mol. The van der Waals surface area contributed by atoms with Gasteiger partial charge in [-0.1, -0.05) is 30.3 Å². The van der Waals surface area contributed by atoms with E-state index in [4.69, 9.17) is 14.7 Å².